The van der Waals surface area contributed by atoms with Crippen LogP contribution in [0.2, 0.25) is 5.02 Å². The molecule has 0 bridgehead atoms. The fourth-order valence-electron chi connectivity index (χ4n) is 2.82. The zero-order valence-electron chi connectivity index (χ0n) is 16.1. The molecule has 2 rings (SSSR count). The number of unbranched alkanes of at least 4 members (excludes halogenated alkanes) is 1. The molecule has 0 radical (unpaired) electrons. The van der Waals surface area contributed by atoms with E-state index in [1.54, 1.807) is 24.3 Å². The summed E-state index contributed by atoms with van der Waals surface area (Å²) < 4.78 is 5.59. The van der Waals surface area contributed by atoms with Gasteiger partial charge in [0.1, 0.15) is 5.75 Å². The minimum Gasteiger partial charge on any atom is -0.479 e. The lowest BCUT2D eigenvalue weighted by atomic mass is 10.1. The number of benzene rings is 2. The van der Waals surface area contributed by atoms with Crippen molar-refractivity contribution in [3.63, 3.8) is 0 Å². The van der Waals surface area contributed by atoms with Gasteiger partial charge in [-0.05, 0) is 61.2 Å². The lowest BCUT2D eigenvalue weighted by Gasteiger charge is -2.15. The number of halogens is 1. The minimum atomic E-state index is -0.931. The van der Waals surface area contributed by atoms with Crippen molar-refractivity contribution in [2.75, 3.05) is 13.1 Å². The normalized spacial score (nSPS) is 13.1. The molecule has 0 aliphatic heterocycles. The van der Waals surface area contributed by atoms with Crippen LogP contribution in [0.5, 0.6) is 5.75 Å². The Balaban J connectivity index is 1.75. The van der Waals surface area contributed by atoms with Gasteiger partial charge in [0.2, 0.25) is 0 Å². The highest BCUT2D eigenvalue weighted by Crippen LogP contribution is 2.18. The van der Waals surface area contributed by atoms with E-state index in [0.717, 1.165) is 30.4 Å². The highest BCUT2D eigenvalue weighted by atomic mass is 35.5. The number of aliphatic hydroxyl groups is 1. The maximum absolute atomic E-state index is 11.3. The Morgan fingerprint density at radius 1 is 1.21 bits per heavy atom. The summed E-state index contributed by atoms with van der Waals surface area (Å²) in [6.07, 6.45) is 1.64. The summed E-state index contributed by atoms with van der Waals surface area (Å²) in [5, 5.41) is 23.3. The van der Waals surface area contributed by atoms with Gasteiger partial charge in [-0.15, -0.1) is 0 Å². The Morgan fingerprint density at radius 3 is 2.61 bits per heavy atom. The second-order valence-corrected chi connectivity index (χ2v) is 7.19. The van der Waals surface area contributed by atoms with Gasteiger partial charge in [0, 0.05) is 11.6 Å². The summed E-state index contributed by atoms with van der Waals surface area (Å²) >= 11 is 5.94. The maximum Gasteiger partial charge on any atom is 0.344 e. The van der Waals surface area contributed by atoms with Crippen molar-refractivity contribution in [2.24, 2.45) is 0 Å². The Bertz CT molecular complexity index is 736. The zero-order valence-corrected chi connectivity index (χ0v) is 16.9. The first-order valence-electron chi connectivity index (χ1n) is 9.62. The summed E-state index contributed by atoms with van der Waals surface area (Å²) in [5.74, 6) is -0.364. The molecule has 0 heterocycles. The van der Waals surface area contributed by atoms with E-state index >= 15 is 0 Å². The molecule has 2 atom stereocenters. The number of ether oxygens (including phenoxy) is 1. The first-order valence-corrected chi connectivity index (χ1v) is 10.00. The predicted molar refractivity (Wildman–Crippen MR) is 111 cm³/mol. The fraction of sp³-hybridized carbons (Fsp3) is 0.409. The zero-order chi connectivity index (χ0) is 20.4. The molecule has 152 valence electrons. The molecule has 0 aromatic heterocycles. The van der Waals surface area contributed by atoms with Crippen molar-refractivity contribution in [3.8, 4) is 5.75 Å². The molecule has 5 nitrogen and oxygen atoms in total. The first kappa shape index (κ1) is 22.2. The SMILES string of the molecule is CCCCC(Oc1ccc(CCNCC(O)c2cccc(Cl)c2)cc1)C(=O)O. The lowest BCUT2D eigenvalue weighted by molar-refractivity contribution is -0.145. The third-order valence-electron chi connectivity index (χ3n) is 4.46. The van der Waals surface area contributed by atoms with E-state index in [0.29, 0.717) is 30.3 Å². The monoisotopic (exact) mass is 405 g/mol. The quantitative estimate of drug-likeness (QED) is 0.460. The van der Waals surface area contributed by atoms with Gasteiger partial charge >= 0.3 is 5.97 Å². The van der Waals surface area contributed by atoms with Gasteiger partial charge in [0.15, 0.2) is 6.10 Å². The molecule has 2 aromatic carbocycles. The predicted octanol–water partition coefficient (Wildman–Crippen LogP) is 4.23. The summed E-state index contributed by atoms with van der Waals surface area (Å²) in [6, 6.07) is 14.7. The van der Waals surface area contributed by atoms with Crippen molar-refractivity contribution >= 4 is 17.6 Å². The molecule has 0 aliphatic carbocycles. The molecule has 3 N–H and O–H groups in total. The van der Waals surface area contributed by atoms with Crippen molar-refractivity contribution in [1.29, 1.82) is 0 Å². The van der Waals surface area contributed by atoms with Crippen LogP contribution in [0.1, 0.15) is 43.4 Å². The van der Waals surface area contributed by atoms with Crippen LogP contribution >= 0.6 is 11.6 Å². The number of hydrogen-bond donors (Lipinski definition) is 3. The smallest absolute Gasteiger partial charge is 0.344 e. The van der Waals surface area contributed by atoms with Gasteiger partial charge in [0.05, 0.1) is 6.10 Å². The summed E-state index contributed by atoms with van der Waals surface area (Å²) in [7, 11) is 0. The van der Waals surface area contributed by atoms with Crippen LogP contribution in [0.25, 0.3) is 0 Å². The van der Waals surface area contributed by atoms with E-state index < -0.39 is 18.2 Å². The number of hydrogen-bond acceptors (Lipinski definition) is 4. The molecule has 2 aromatic rings. The summed E-state index contributed by atoms with van der Waals surface area (Å²) in [6.45, 7) is 3.18. The fourth-order valence-corrected chi connectivity index (χ4v) is 3.02. The van der Waals surface area contributed by atoms with Gasteiger partial charge in [0.25, 0.3) is 0 Å². The van der Waals surface area contributed by atoms with Crippen molar-refractivity contribution in [2.45, 2.75) is 44.8 Å². The highest BCUT2D eigenvalue weighted by Gasteiger charge is 2.18. The molecule has 0 amide bonds. The van der Waals surface area contributed by atoms with Crippen molar-refractivity contribution in [3.05, 3.63) is 64.7 Å². The Hall–Kier alpha value is -2.08. The third kappa shape index (κ3) is 7.50. The number of aliphatic hydroxyl groups excluding tert-OH is 1. The number of carboxylic acids is 1. The van der Waals surface area contributed by atoms with Crippen molar-refractivity contribution < 1.29 is 19.7 Å². The summed E-state index contributed by atoms with van der Waals surface area (Å²) in [5.41, 5.74) is 1.90. The van der Waals surface area contributed by atoms with Crippen LogP contribution < -0.4 is 10.1 Å². The third-order valence-corrected chi connectivity index (χ3v) is 4.69. The molecule has 2 unspecified atom stereocenters. The van der Waals surface area contributed by atoms with Crippen LogP contribution in [0, 0.1) is 0 Å². The van der Waals surface area contributed by atoms with Gasteiger partial charge in [-0.25, -0.2) is 4.79 Å². The molecule has 0 spiro atoms. The summed E-state index contributed by atoms with van der Waals surface area (Å²) in [4.78, 5) is 11.3. The number of nitrogens with one attached hydrogen (secondary N) is 1. The first-order chi connectivity index (χ1) is 13.5. The van der Waals surface area contributed by atoms with E-state index in [9.17, 15) is 15.0 Å². The highest BCUT2D eigenvalue weighted by molar-refractivity contribution is 6.30. The molecule has 0 fully saturated rings. The lowest BCUT2D eigenvalue weighted by Crippen LogP contribution is -2.26. The Morgan fingerprint density at radius 2 is 1.96 bits per heavy atom. The molecule has 0 saturated carbocycles. The topological polar surface area (TPSA) is 78.8 Å². The number of aliphatic carboxylic acids is 1. The second-order valence-electron chi connectivity index (χ2n) is 6.76. The Kier molecular flexibility index (Phi) is 9.28. The van der Waals surface area contributed by atoms with E-state index in [4.69, 9.17) is 16.3 Å². The molecular formula is C22H28ClNO4. The molecule has 0 aliphatic rings. The van der Waals surface area contributed by atoms with Gasteiger partial charge < -0.3 is 20.3 Å². The standard InChI is InChI=1S/C22H28ClNO4/c1-2-3-7-21(22(26)27)28-19-10-8-16(9-11-19)12-13-24-15-20(25)17-5-4-6-18(23)14-17/h4-6,8-11,14,20-21,24-25H,2-3,7,12-13,15H2,1H3,(H,26,27). The molecule has 6 heteroatoms. The van der Waals surface area contributed by atoms with E-state index in [-0.39, 0.29) is 0 Å². The Labute approximate surface area is 171 Å². The second kappa shape index (κ2) is 11.7. The molecular weight excluding hydrogens is 378 g/mol. The average Bonchev–Trinajstić information content (AvgIpc) is 2.69. The van der Waals surface area contributed by atoms with Crippen LogP contribution in [-0.2, 0) is 11.2 Å². The van der Waals surface area contributed by atoms with Crippen LogP contribution in [0.4, 0.5) is 0 Å². The molecule has 0 saturated heterocycles. The van der Waals surface area contributed by atoms with E-state index in [2.05, 4.69) is 5.32 Å². The van der Waals surface area contributed by atoms with Crippen LogP contribution in [0.15, 0.2) is 48.5 Å². The van der Waals surface area contributed by atoms with Gasteiger partial charge in [-0.1, -0.05) is 49.2 Å². The largest absolute Gasteiger partial charge is 0.479 e. The van der Waals surface area contributed by atoms with E-state index in [1.807, 2.05) is 31.2 Å². The van der Waals surface area contributed by atoms with Crippen LogP contribution in [-0.4, -0.2) is 35.4 Å². The number of carbonyl (C=O) groups is 1. The van der Waals surface area contributed by atoms with E-state index in [1.165, 1.54) is 0 Å². The maximum atomic E-state index is 11.3. The number of carboxylic acid groups (broad SMARTS) is 1. The van der Waals surface area contributed by atoms with Crippen LogP contribution in [0.3, 0.4) is 0 Å². The minimum absolute atomic E-state index is 0.444. The van der Waals surface area contributed by atoms with Gasteiger partial charge in [-0.2, -0.15) is 0 Å². The van der Waals surface area contributed by atoms with Gasteiger partial charge in [-0.3, -0.25) is 0 Å². The van der Waals surface area contributed by atoms with Crippen molar-refractivity contribution in [1.82, 2.24) is 5.32 Å². The average molecular weight is 406 g/mol. The number of rotatable bonds is 12. The molecule has 28 heavy (non-hydrogen) atoms.